The van der Waals surface area contributed by atoms with Gasteiger partial charge in [-0.05, 0) is 30.7 Å². The minimum atomic E-state index is -0.255. The van der Waals surface area contributed by atoms with E-state index in [2.05, 4.69) is 10.3 Å². The maximum absolute atomic E-state index is 12.3. The number of hydrogen-bond acceptors (Lipinski definition) is 5. The molecule has 0 bridgehead atoms. The average Bonchev–Trinajstić information content (AvgIpc) is 2.94. The van der Waals surface area contributed by atoms with Crippen molar-refractivity contribution in [2.45, 2.75) is 13.0 Å². The molecule has 2 aromatic rings. The van der Waals surface area contributed by atoms with Crippen molar-refractivity contribution in [3.8, 4) is 11.5 Å². The summed E-state index contributed by atoms with van der Waals surface area (Å²) in [6.45, 7) is 2.05. The fraction of sp³-hybridized carbons (Fsp3) is 0.200. The quantitative estimate of drug-likeness (QED) is 0.841. The van der Waals surface area contributed by atoms with Crippen LogP contribution in [0.2, 0.25) is 0 Å². The number of nitrogens with zero attached hydrogens (tertiary/aromatic N) is 1. The number of rotatable bonds is 3. The molecule has 1 aliphatic rings. The van der Waals surface area contributed by atoms with E-state index in [1.54, 1.807) is 24.5 Å². The van der Waals surface area contributed by atoms with Crippen LogP contribution in [0.5, 0.6) is 11.5 Å². The van der Waals surface area contributed by atoms with E-state index in [0.717, 1.165) is 5.56 Å². The number of hydrogen-bond donors (Lipinski definition) is 2. The van der Waals surface area contributed by atoms with Crippen LogP contribution in [0.1, 0.15) is 28.9 Å². The van der Waals surface area contributed by atoms with Gasteiger partial charge in [-0.3, -0.25) is 9.78 Å². The topological polar surface area (TPSA) is 86.5 Å². The van der Waals surface area contributed by atoms with E-state index in [1.165, 1.54) is 0 Å². The summed E-state index contributed by atoms with van der Waals surface area (Å²) in [5, 5.41) is 2.90. The van der Waals surface area contributed by atoms with Crippen molar-refractivity contribution in [3.05, 3.63) is 47.8 Å². The van der Waals surface area contributed by atoms with Crippen molar-refractivity contribution in [3.63, 3.8) is 0 Å². The van der Waals surface area contributed by atoms with Gasteiger partial charge in [0.15, 0.2) is 11.5 Å². The molecule has 1 aliphatic heterocycles. The van der Waals surface area contributed by atoms with Crippen LogP contribution in [0.25, 0.3) is 0 Å². The first-order chi connectivity index (χ1) is 10.1. The van der Waals surface area contributed by atoms with Gasteiger partial charge in [0.25, 0.3) is 5.91 Å². The van der Waals surface area contributed by atoms with Gasteiger partial charge in [0, 0.05) is 24.1 Å². The Morgan fingerprint density at radius 3 is 2.67 bits per heavy atom. The fourth-order valence-corrected chi connectivity index (χ4v) is 2.16. The smallest absolute Gasteiger partial charge is 0.253 e. The lowest BCUT2D eigenvalue weighted by molar-refractivity contribution is 0.0940. The van der Waals surface area contributed by atoms with Gasteiger partial charge < -0.3 is 20.5 Å². The molecule has 108 valence electrons. The first-order valence-electron chi connectivity index (χ1n) is 6.55. The molecule has 0 saturated heterocycles. The molecule has 6 heteroatoms. The van der Waals surface area contributed by atoms with Crippen LogP contribution >= 0.6 is 0 Å². The van der Waals surface area contributed by atoms with Gasteiger partial charge in [-0.25, -0.2) is 0 Å². The molecule has 0 aliphatic carbocycles. The molecule has 1 unspecified atom stereocenters. The normalized spacial score (nSPS) is 13.8. The molecule has 0 spiro atoms. The molecule has 3 N–H and O–H groups in total. The molecule has 1 aromatic heterocycles. The Labute approximate surface area is 121 Å². The van der Waals surface area contributed by atoms with Crippen molar-refractivity contribution in [1.29, 1.82) is 0 Å². The van der Waals surface area contributed by atoms with Crippen molar-refractivity contribution in [1.82, 2.24) is 10.3 Å². The fourth-order valence-electron chi connectivity index (χ4n) is 2.16. The monoisotopic (exact) mass is 285 g/mol. The summed E-state index contributed by atoms with van der Waals surface area (Å²) in [6.07, 6.45) is 3.37. The predicted molar refractivity (Wildman–Crippen MR) is 77.1 cm³/mol. The number of pyridine rings is 1. The van der Waals surface area contributed by atoms with Gasteiger partial charge in [0.1, 0.15) is 0 Å². The number of anilines is 1. The summed E-state index contributed by atoms with van der Waals surface area (Å²) in [4.78, 5) is 16.3. The minimum Gasteiger partial charge on any atom is -0.454 e. The van der Waals surface area contributed by atoms with E-state index in [9.17, 15) is 4.79 Å². The van der Waals surface area contributed by atoms with Gasteiger partial charge in [-0.15, -0.1) is 0 Å². The zero-order chi connectivity index (χ0) is 14.8. The molecule has 2 heterocycles. The number of aromatic nitrogens is 1. The van der Waals surface area contributed by atoms with Crippen molar-refractivity contribution in [2.75, 3.05) is 12.5 Å². The van der Waals surface area contributed by atoms with Gasteiger partial charge >= 0.3 is 0 Å². The number of nitrogen functional groups attached to an aromatic ring is 1. The molecular weight excluding hydrogens is 270 g/mol. The number of nitrogens with two attached hydrogens (primary N) is 1. The van der Waals surface area contributed by atoms with Crippen LogP contribution in [0.3, 0.4) is 0 Å². The molecular formula is C15H15N3O3. The van der Waals surface area contributed by atoms with Gasteiger partial charge in [-0.2, -0.15) is 0 Å². The second-order valence-corrected chi connectivity index (χ2v) is 4.77. The number of carbonyl (C=O) groups excluding carboxylic acids is 1. The molecule has 3 rings (SSSR count). The molecule has 0 radical (unpaired) electrons. The molecule has 0 saturated carbocycles. The zero-order valence-corrected chi connectivity index (χ0v) is 11.5. The number of ether oxygens (including phenoxy) is 2. The first-order valence-corrected chi connectivity index (χ1v) is 6.55. The Bertz CT molecular complexity index is 673. The lowest BCUT2D eigenvalue weighted by Crippen LogP contribution is -2.27. The van der Waals surface area contributed by atoms with Crippen molar-refractivity contribution < 1.29 is 14.3 Å². The Balaban J connectivity index is 1.80. The summed E-state index contributed by atoms with van der Waals surface area (Å²) in [5.74, 6) is 0.840. The maximum Gasteiger partial charge on any atom is 0.253 e. The van der Waals surface area contributed by atoms with Crippen LogP contribution in [0.4, 0.5) is 5.69 Å². The average molecular weight is 285 g/mol. The molecule has 21 heavy (non-hydrogen) atoms. The van der Waals surface area contributed by atoms with Crippen molar-refractivity contribution in [2.24, 2.45) is 0 Å². The summed E-state index contributed by atoms with van der Waals surface area (Å²) in [6, 6.07) is 6.77. The predicted octanol–water partition coefficient (Wildman–Crippen LogP) is 1.88. The Morgan fingerprint density at radius 2 is 1.95 bits per heavy atom. The highest BCUT2D eigenvalue weighted by molar-refractivity contribution is 6.00. The van der Waals surface area contributed by atoms with Crippen LogP contribution in [-0.4, -0.2) is 17.7 Å². The summed E-state index contributed by atoms with van der Waals surface area (Å²) in [7, 11) is 0. The van der Waals surface area contributed by atoms with Crippen LogP contribution in [-0.2, 0) is 0 Å². The van der Waals surface area contributed by atoms with E-state index in [4.69, 9.17) is 15.2 Å². The second kappa shape index (κ2) is 5.32. The third-order valence-electron chi connectivity index (χ3n) is 3.34. The lowest BCUT2D eigenvalue weighted by Gasteiger charge is -2.15. The first kappa shape index (κ1) is 13.2. The largest absolute Gasteiger partial charge is 0.454 e. The third kappa shape index (κ3) is 2.60. The molecule has 1 atom stereocenters. The van der Waals surface area contributed by atoms with E-state index >= 15 is 0 Å². The molecule has 6 nitrogen and oxygen atoms in total. The summed E-state index contributed by atoms with van der Waals surface area (Å²) in [5.41, 5.74) is 7.61. The number of benzene rings is 1. The number of nitrogens with one attached hydrogen (secondary N) is 1. The zero-order valence-electron chi connectivity index (χ0n) is 11.5. The van der Waals surface area contributed by atoms with Crippen LogP contribution in [0.15, 0.2) is 36.7 Å². The van der Waals surface area contributed by atoms with E-state index in [1.807, 2.05) is 19.1 Å². The van der Waals surface area contributed by atoms with Gasteiger partial charge in [0.05, 0.1) is 11.6 Å². The minimum absolute atomic E-state index is 0.146. The third-order valence-corrected chi connectivity index (χ3v) is 3.34. The number of fused-ring (bicyclic) bond motifs is 1. The van der Waals surface area contributed by atoms with Gasteiger partial charge in [-0.1, -0.05) is 0 Å². The molecule has 0 fully saturated rings. The van der Waals surface area contributed by atoms with Gasteiger partial charge in [0.2, 0.25) is 6.79 Å². The number of carbonyl (C=O) groups is 1. The van der Waals surface area contributed by atoms with Crippen molar-refractivity contribution >= 4 is 11.6 Å². The van der Waals surface area contributed by atoms with E-state index in [-0.39, 0.29) is 18.7 Å². The van der Waals surface area contributed by atoms with E-state index in [0.29, 0.717) is 22.7 Å². The van der Waals surface area contributed by atoms with Crippen LogP contribution in [0, 0.1) is 0 Å². The van der Waals surface area contributed by atoms with Crippen LogP contribution < -0.4 is 20.5 Å². The molecule has 1 aromatic carbocycles. The Hall–Kier alpha value is -2.76. The Morgan fingerprint density at radius 1 is 1.29 bits per heavy atom. The number of amides is 1. The highest BCUT2D eigenvalue weighted by Gasteiger charge is 2.20. The highest BCUT2D eigenvalue weighted by Crippen LogP contribution is 2.36. The summed E-state index contributed by atoms with van der Waals surface area (Å²) < 4.78 is 10.5. The summed E-state index contributed by atoms with van der Waals surface area (Å²) >= 11 is 0. The SMILES string of the molecule is CC(NC(=O)c1cc2c(cc1N)OCO2)c1ccncc1. The highest BCUT2D eigenvalue weighted by atomic mass is 16.7. The maximum atomic E-state index is 12.3. The lowest BCUT2D eigenvalue weighted by atomic mass is 10.1. The Kier molecular flexibility index (Phi) is 3.35. The second-order valence-electron chi connectivity index (χ2n) is 4.77. The van der Waals surface area contributed by atoms with E-state index < -0.39 is 0 Å². The molecule has 1 amide bonds. The standard InChI is InChI=1S/C15H15N3O3/c1-9(10-2-4-17-5-3-10)18-15(19)11-6-13-14(7-12(11)16)21-8-20-13/h2-7,9H,8,16H2,1H3,(H,18,19).